The molecule has 2 amide bonds. The molecule has 2 heterocycles. The summed E-state index contributed by atoms with van der Waals surface area (Å²) in [7, 11) is 1.64. The van der Waals surface area contributed by atoms with Crippen LogP contribution in [0.2, 0.25) is 0 Å². The SMILES string of the molecule is CN(C(=O)c1ccco1)c1ccccc1C(=O)N1CCCC(N)C1. The highest BCUT2D eigenvalue weighted by molar-refractivity contribution is 6.09. The lowest BCUT2D eigenvalue weighted by atomic mass is 10.0. The molecule has 3 rings (SSSR count). The Hall–Kier alpha value is -2.60. The quantitative estimate of drug-likeness (QED) is 0.936. The predicted octanol–water partition coefficient (Wildman–Crippen LogP) is 2.12. The van der Waals surface area contributed by atoms with Gasteiger partial charge in [-0.1, -0.05) is 12.1 Å². The van der Waals surface area contributed by atoms with Crippen LogP contribution in [0, 0.1) is 0 Å². The molecule has 24 heavy (non-hydrogen) atoms. The van der Waals surface area contributed by atoms with Gasteiger partial charge in [-0.25, -0.2) is 0 Å². The number of amides is 2. The third-order valence-corrected chi connectivity index (χ3v) is 4.28. The molecule has 1 saturated heterocycles. The van der Waals surface area contributed by atoms with Gasteiger partial charge in [0.2, 0.25) is 0 Å². The van der Waals surface area contributed by atoms with E-state index in [-0.39, 0.29) is 23.6 Å². The normalized spacial score (nSPS) is 17.6. The van der Waals surface area contributed by atoms with Gasteiger partial charge in [0.1, 0.15) is 0 Å². The molecule has 2 N–H and O–H groups in total. The molecule has 1 atom stereocenters. The Morgan fingerprint density at radius 3 is 2.75 bits per heavy atom. The Labute approximate surface area is 140 Å². The van der Waals surface area contributed by atoms with Crippen molar-refractivity contribution in [2.45, 2.75) is 18.9 Å². The molecule has 126 valence electrons. The Balaban J connectivity index is 1.87. The average molecular weight is 327 g/mol. The molecule has 1 aromatic carbocycles. The Morgan fingerprint density at radius 1 is 1.25 bits per heavy atom. The van der Waals surface area contributed by atoms with E-state index in [9.17, 15) is 9.59 Å². The Morgan fingerprint density at radius 2 is 2.04 bits per heavy atom. The maximum Gasteiger partial charge on any atom is 0.293 e. The zero-order valence-electron chi connectivity index (χ0n) is 13.6. The second-order valence-corrected chi connectivity index (χ2v) is 6.01. The van der Waals surface area contributed by atoms with Crippen LogP contribution in [-0.2, 0) is 0 Å². The number of carbonyl (C=O) groups excluding carboxylic acids is 2. The van der Waals surface area contributed by atoms with E-state index >= 15 is 0 Å². The highest BCUT2D eigenvalue weighted by Gasteiger charge is 2.26. The minimum absolute atomic E-state index is 0.0114. The van der Waals surface area contributed by atoms with Crippen LogP contribution in [0.25, 0.3) is 0 Å². The van der Waals surface area contributed by atoms with E-state index in [4.69, 9.17) is 10.2 Å². The summed E-state index contributed by atoms with van der Waals surface area (Å²) in [4.78, 5) is 28.6. The number of para-hydroxylation sites is 1. The molecule has 0 radical (unpaired) electrons. The summed E-state index contributed by atoms with van der Waals surface area (Å²) in [5, 5.41) is 0. The molecule has 6 heteroatoms. The van der Waals surface area contributed by atoms with E-state index in [1.807, 2.05) is 0 Å². The molecule has 2 aromatic rings. The van der Waals surface area contributed by atoms with Crippen molar-refractivity contribution in [1.82, 2.24) is 4.90 Å². The van der Waals surface area contributed by atoms with Crippen molar-refractivity contribution in [1.29, 1.82) is 0 Å². The number of nitrogens with zero attached hydrogens (tertiary/aromatic N) is 2. The minimum atomic E-state index is -0.296. The lowest BCUT2D eigenvalue weighted by Crippen LogP contribution is -2.46. The molecular weight excluding hydrogens is 306 g/mol. The van der Waals surface area contributed by atoms with Crippen molar-refractivity contribution < 1.29 is 14.0 Å². The zero-order chi connectivity index (χ0) is 17.1. The smallest absolute Gasteiger partial charge is 0.293 e. The molecule has 0 aliphatic carbocycles. The van der Waals surface area contributed by atoms with Crippen LogP contribution in [-0.4, -0.2) is 42.9 Å². The molecule has 1 aliphatic heterocycles. The van der Waals surface area contributed by atoms with Crippen molar-refractivity contribution in [3.8, 4) is 0 Å². The number of likely N-dealkylation sites (tertiary alicyclic amines) is 1. The van der Waals surface area contributed by atoms with Gasteiger partial charge in [-0.05, 0) is 37.1 Å². The van der Waals surface area contributed by atoms with Gasteiger partial charge in [-0.2, -0.15) is 0 Å². The predicted molar refractivity (Wildman–Crippen MR) is 91.0 cm³/mol. The standard InChI is InChI=1S/C18H21N3O3/c1-20(18(23)16-9-5-11-24-16)15-8-3-2-7-14(15)17(22)21-10-4-6-13(19)12-21/h2-3,5,7-9,11,13H,4,6,10,12,19H2,1H3. The first-order valence-corrected chi connectivity index (χ1v) is 8.03. The molecule has 1 aromatic heterocycles. The van der Waals surface area contributed by atoms with E-state index in [0.717, 1.165) is 12.8 Å². The molecular formula is C18H21N3O3. The fraction of sp³-hybridized carbons (Fsp3) is 0.333. The number of piperidine rings is 1. The van der Waals surface area contributed by atoms with Crippen molar-refractivity contribution in [3.05, 3.63) is 54.0 Å². The number of benzene rings is 1. The first-order valence-electron chi connectivity index (χ1n) is 8.03. The lowest BCUT2D eigenvalue weighted by molar-refractivity contribution is 0.0709. The van der Waals surface area contributed by atoms with Gasteiger partial charge in [0.05, 0.1) is 17.5 Å². The van der Waals surface area contributed by atoms with Crippen molar-refractivity contribution in [3.63, 3.8) is 0 Å². The van der Waals surface area contributed by atoms with E-state index in [2.05, 4.69) is 0 Å². The number of anilines is 1. The van der Waals surface area contributed by atoms with E-state index in [1.165, 1.54) is 11.2 Å². The molecule has 0 bridgehead atoms. The second kappa shape index (κ2) is 6.88. The van der Waals surface area contributed by atoms with Crippen LogP contribution >= 0.6 is 0 Å². The van der Waals surface area contributed by atoms with Crippen molar-refractivity contribution in [2.24, 2.45) is 5.73 Å². The van der Waals surface area contributed by atoms with Gasteiger partial charge in [0.15, 0.2) is 5.76 Å². The monoisotopic (exact) mass is 327 g/mol. The summed E-state index contributed by atoms with van der Waals surface area (Å²) in [5.41, 5.74) is 7.03. The van der Waals surface area contributed by atoms with Crippen LogP contribution in [0.1, 0.15) is 33.8 Å². The van der Waals surface area contributed by atoms with Gasteiger partial charge in [0.25, 0.3) is 11.8 Å². The van der Waals surface area contributed by atoms with Crippen LogP contribution in [0.5, 0.6) is 0 Å². The number of furan rings is 1. The molecule has 1 aliphatic rings. The van der Waals surface area contributed by atoms with Crippen LogP contribution in [0.3, 0.4) is 0 Å². The lowest BCUT2D eigenvalue weighted by Gasteiger charge is -2.32. The number of hydrogen-bond acceptors (Lipinski definition) is 4. The van der Waals surface area contributed by atoms with Gasteiger partial charge in [0, 0.05) is 26.2 Å². The average Bonchev–Trinajstić information content (AvgIpc) is 3.14. The minimum Gasteiger partial charge on any atom is -0.459 e. The Bertz CT molecular complexity index is 727. The fourth-order valence-electron chi connectivity index (χ4n) is 2.99. The van der Waals surface area contributed by atoms with Crippen LogP contribution in [0.4, 0.5) is 5.69 Å². The summed E-state index contributed by atoms with van der Waals surface area (Å²) in [5.74, 6) is -0.157. The fourth-order valence-corrected chi connectivity index (χ4v) is 2.99. The summed E-state index contributed by atoms with van der Waals surface area (Å²) >= 11 is 0. The number of rotatable bonds is 3. The van der Waals surface area contributed by atoms with Gasteiger partial charge in [-0.3, -0.25) is 9.59 Å². The first-order chi connectivity index (χ1) is 11.6. The summed E-state index contributed by atoms with van der Waals surface area (Å²) < 4.78 is 5.17. The first kappa shape index (κ1) is 16.3. The van der Waals surface area contributed by atoms with E-state index in [1.54, 1.807) is 48.3 Å². The maximum absolute atomic E-state index is 12.9. The van der Waals surface area contributed by atoms with Gasteiger partial charge >= 0.3 is 0 Å². The van der Waals surface area contributed by atoms with Crippen molar-refractivity contribution in [2.75, 3.05) is 25.0 Å². The summed E-state index contributed by atoms with van der Waals surface area (Å²) in [6, 6.07) is 10.4. The topological polar surface area (TPSA) is 79.8 Å². The Kier molecular flexibility index (Phi) is 4.66. The molecule has 0 spiro atoms. The second-order valence-electron chi connectivity index (χ2n) is 6.01. The molecule has 6 nitrogen and oxygen atoms in total. The summed E-state index contributed by atoms with van der Waals surface area (Å²) in [6.45, 7) is 1.24. The third-order valence-electron chi connectivity index (χ3n) is 4.28. The zero-order valence-corrected chi connectivity index (χ0v) is 13.6. The van der Waals surface area contributed by atoms with Gasteiger partial charge < -0.3 is 20.0 Å². The molecule has 0 saturated carbocycles. The highest BCUT2D eigenvalue weighted by Crippen LogP contribution is 2.24. The number of nitrogens with two attached hydrogens (primary N) is 1. The highest BCUT2D eigenvalue weighted by atomic mass is 16.3. The molecule has 1 fully saturated rings. The largest absolute Gasteiger partial charge is 0.459 e. The third kappa shape index (κ3) is 3.19. The van der Waals surface area contributed by atoms with Crippen molar-refractivity contribution >= 4 is 17.5 Å². The van der Waals surface area contributed by atoms with Gasteiger partial charge in [-0.15, -0.1) is 0 Å². The van der Waals surface area contributed by atoms with Crippen LogP contribution < -0.4 is 10.6 Å². The molecule has 1 unspecified atom stereocenters. The number of hydrogen-bond donors (Lipinski definition) is 1. The van der Waals surface area contributed by atoms with Crippen LogP contribution in [0.15, 0.2) is 47.1 Å². The van der Waals surface area contributed by atoms with E-state index < -0.39 is 0 Å². The van der Waals surface area contributed by atoms with E-state index in [0.29, 0.717) is 24.3 Å². The summed E-state index contributed by atoms with van der Waals surface area (Å²) in [6.07, 6.45) is 3.28. The number of carbonyl (C=O) groups is 2. The maximum atomic E-state index is 12.9.